The highest BCUT2D eigenvalue weighted by atomic mass is 16.4. The lowest BCUT2D eigenvalue weighted by Crippen LogP contribution is -2.53. The van der Waals surface area contributed by atoms with Crippen molar-refractivity contribution < 1.29 is 9.90 Å². The zero-order chi connectivity index (χ0) is 18.8. The van der Waals surface area contributed by atoms with Gasteiger partial charge in [-0.25, -0.2) is 9.78 Å². The molecular formula is C21H24N4O2. The predicted octanol–water partition coefficient (Wildman–Crippen LogP) is 3.61. The van der Waals surface area contributed by atoms with Gasteiger partial charge in [-0.3, -0.25) is 0 Å². The lowest BCUT2D eigenvalue weighted by molar-refractivity contribution is 0.115. The number of benzene rings is 1. The van der Waals surface area contributed by atoms with Crippen LogP contribution >= 0.6 is 0 Å². The molecule has 1 fully saturated rings. The second-order valence-electron chi connectivity index (χ2n) is 7.22. The van der Waals surface area contributed by atoms with Crippen molar-refractivity contribution in [1.82, 2.24) is 14.9 Å². The average Bonchev–Trinajstić information content (AvgIpc) is 3.17. The summed E-state index contributed by atoms with van der Waals surface area (Å²) < 4.78 is 0. The molecule has 2 aromatic heterocycles. The number of rotatable bonds is 4. The van der Waals surface area contributed by atoms with Gasteiger partial charge in [0.15, 0.2) is 0 Å². The molecule has 0 aliphatic carbocycles. The minimum Gasteiger partial charge on any atom is -0.465 e. The first-order valence-electron chi connectivity index (χ1n) is 9.30. The number of likely N-dealkylation sites (tertiary alicyclic amines) is 1. The number of carboxylic acid groups (broad SMARTS) is 1. The van der Waals surface area contributed by atoms with Crippen molar-refractivity contribution in [3.8, 4) is 0 Å². The first-order chi connectivity index (χ1) is 13.1. The zero-order valence-electron chi connectivity index (χ0n) is 15.4. The fourth-order valence-electron chi connectivity index (χ4n) is 4.18. The Bertz CT molecular complexity index is 924. The fourth-order valence-corrected chi connectivity index (χ4v) is 4.18. The molecule has 0 saturated carbocycles. The van der Waals surface area contributed by atoms with E-state index in [-0.39, 0.29) is 6.04 Å². The van der Waals surface area contributed by atoms with Gasteiger partial charge in [-0.1, -0.05) is 30.3 Å². The highest BCUT2D eigenvalue weighted by molar-refractivity contribution is 5.89. The number of nitrogens with one attached hydrogen (secondary N) is 1. The normalized spacial score (nSPS) is 20.0. The largest absolute Gasteiger partial charge is 0.465 e. The lowest BCUT2D eigenvalue weighted by Gasteiger charge is -2.43. The van der Waals surface area contributed by atoms with Crippen LogP contribution in [0, 0.1) is 5.92 Å². The number of piperidine rings is 1. The second kappa shape index (κ2) is 7.31. The van der Waals surface area contributed by atoms with E-state index in [1.54, 1.807) is 6.20 Å². The molecule has 6 heteroatoms. The number of aromatic amines is 1. The summed E-state index contributed by atoms with van der Waals surface area (Å²) in [6.07, 6.45) is 4.66. The summed E-state index contributed by atoms with van der Waals surface area (Å²) in [6.45, 7) is 1.10. The van der Waals surface area contributed by atoms with Gasteiger partial charge in [0.1, 0.15) is 5.65 Å². The van der Waals surface area contributed by atoms with Crippen molar-refractivity contribution in [3.63, 3.8) is 0 Å². The molecule has 0 radical (unpaired) electrons. The highest BCUT2D eigenvalue weighted by Crippen LogP contribution is 2.32. The summed E-state index contributed by atoms with van der Waals surface area (Å²) in [7, 11) is 2.07. The van der Waals surface area contributed by atoms with Gasteiger partial charge >= 0.3 is 6.09 Å². The molecule has 4 rings (SSSR count). The molecule has 2 N–H and O–H groups in total. The minimum absolute atomic E-state index is 0.107. The van der Waals surface area contributed by atoms with Crippen LogP contribution in [-0.2, 0) is 6.42 Å². The Kier molecular flexibility index (Phi) is 4.71. The topological polar surface area (TPSA) is 72.5 Å². The molecule has 1 amide bonds. The molecule has 27 heavy (non-hydrogen) atoms. The van der Waals surface area contributed by atoms with E-state index >= 15 is 0 Å². The quantitative estimate of drug-likeness (QED) is 0.742. The van der Waals surface area contributed by atoms with E-state index < -0.39 is 6.09 Å². The number of anilines is 1. The number of hydrogen-bond acceptors (Lipinski definition) is 3. The van der Waals surface area contributed by atoms with Crippen LogP contribution in [0.25, 0.3) is 11.0 Å². The Morgan fingerprint density at radius 1 is 1.30 bits per heavy atom. The van der Waals surface area contributed by atoms with Crippen LogP contribution in [0.1, 0.15) is 12.0 Å². The Morgan fingerprint density at radius 2 is 2.11 bits per heavy atom. The Hall–Kier alpha value is -3.02. The molecule has 3 aromatic rings. The molecule has 0 spiro atoms. The number of pyridine rings is 1. The first kappa shape index (κ1) is 17.4. The maximum atomic E-state index is 11.6. The third kappa shape index (κ3) is 3.47. The number of carbonyl (C=O) groups is 1. The van der Waals surface area contributed by atoms with Gasteiger partial charge in [-0.05, 0) is 36.5 Å². The van der Waals surface area contributed by atoms with Gasteiger partial charge < -0.3 is 19.9 Å². The van der Waals surface area contributed by atoms with E-state index in [2.05, 4.69) is 46.2 Å². The maximum absolute atomic E-state index is 11.6. The van der Waals surface area contributed by atoms with E-state index in [0.717, 1.165) is 29.6 Å². The SMILES string of the molecule is CN(c1ccnc2[nH]ccc12)[C@H]1CN(C(=O)O)CC[C@H]1Cc1ccccc1. The molecule has 1 aromatic carbocycles. The zero-order valence-corrected chi connectivity index (χ0v) is 15.4. The molecule has 6 nitrogen and oxygen atoms in total. The minimum atomic E-state index is -0.840. The van der Waals surface area contributed by atoms with Crippen LogP contribution in [0.3, 0.4) is 0 Å². The molecule has 1 aliphatic heterocycles. The van der Waals surface area contributed by atoms with Crippen molar-refractivity contribution in [1.29, 1.82) is 0 Å². The van der Waals surface area contributed by atoms with Crippen molar-refractivity contribution in [3.05, 3.63) is 60.4 Å². The van der Waals surface area contributed by atoms with Crippen LogP contribution in [0.4, 0.5) is 10.5 Å². The summed E-state index contributed by atoms with van der Waals surface area (Å²) in [5.41, 5.74) is 3.23. The summed E-state index contributed by atoms with van der Waals surface area (Å²) in [5.74, 6) is 0.384. The third-order valence-corrected chi connectivity index (χ3v) is 5.65. The molecule has 0 bridgehead atoms. The monoisotopic (exact) mass is 364 g/mol. The molecule has 2 atom stereocenters. The third-order valence-electron chi connectivity index (χ3n) is 5.65. The van der Waals surface area contributed by atoms with Gasteiger partial charge in [0.2, 0.25) is 0 Å². The van der Waals surface area contributed by atoms with E-state index in [0.29, 0.717) is 19.0 Å². The standard InChI is InChI=1S/C21H24N4O2/c1-24(18-8-11-23-20-17(18)7-10-22-20)19-14-25(21(26)27)12-9-16(19)13-15-5-3-2-4-6-15/h2-8,10-11,16,19H,9,12-14H2,1H3,(H,22,23)(H,26,27)/t16-,19-/m0/s1. The van der Waals surface area contributed by atoms with Crippen molar-refractivity contribution in [2.75, 3.05) is 25.0 Å². The van der Waals surface area contributed by atoms with E-state index in [4.69, 9.17) is 0 Å². The van der Waals surface area contributed by atoms with Gasteiger partial charge in [0.25, 0.3) is 0 Å². The predicted molar refractivity (Wildman–Crippen MR) is 106 cm³/mol. The van der Waals surface area contributed by atoms with Crippen LogP contribution in [0.5, 0.6) is 0 Å². The van der Waals surface area contributed by atoms with Gasteiger partial charge in [0, 0.05) is 49.6 Å². The Labute approximate surface area is 158 Å². The summed E-state index contributed by atoms with van der Waals surface area (Å²) in [4.78, 5) is 22.9. The summed E-state index contributed by atoms with van der Waals surface area (Å²) in [5, 5.41) is 10.6. The molecule has 3 heterocycles. The number of fused-ring (bicyclic) bond motifs is 1. The fraction of sp³-hybridized carbons (Fsp3) is 0.333. The van der Waals surface area contributed by atoms with Crippen LogP contribution < -0.4 is 4.90 Å². The lowest BCUT2D eigenvalue weighted by atomic mass is 9.85. The van der Waals surface area contributed by atoms with Gasteiger partial charge in [0.05, 0.1) is 0 Å². The van der Waals surface area contributed by atoms with Crippen molar-refractivity contribution in [2.45, 2.75) is 18.9 Å². The van der Waals surface area contributed by atoms with Crippen molar-refractivity contribution in [2.24, 2.45) is 5.92 Å². The summed E-state index contributed by atoms with van der Waals surface area (Å²) in [6, 6.07) is 14.6. The molecule has 1 saturated heterocycles. The first-order valence-corrected chi connectivity index (χ1v) is 9.30. The number of nitrogens with zero attached hydrogens (tertiary/aromatic N) is 3. The number of likely N-dealkylation sites (N-methyl/N-ethyl adjacent to an activating group) is 1. The number of hydrogen-bond donors (Lipinski definition) is 2. The van der Waals surface area contributed by atoms with E-state index in [1.807, 2.05) is 24.4 Å². The molecule has 140 valence electrons. The van der Waals surface area contributed by atoms with Crippen molar-refractivity contribution >= 4 is 22.8 Å². The molecule has 1 aliphatic rings. The number of amides is 1. The Morgan fingerprint density at radius 3 is 2.89 bits per heavy atom. The Balaban J connectivity index is 1.65. The average molecular weight is 364 g/mol. The second-order valence-corrected chi connectivity index (χ2v) is 7.22. The molecule has 0 unspecified atom stereocenters. The smallest absolute Gasteiger partial charge is 0.407 e. The van der Waals surface area contributed by atoms with E-state index in [9.17, 15) is 9.90 Å². The van der Waals surface area contributed by atoms with Crippen LogP contribution in [0.15, 0.2) is 54.9 Å². The number of H-pyrrole nitrogens is 1. The summed E-state index contributed by atoms with van der Waals surface area (Å²) >= 11 is 0. The van der Waals surface area contributed by atoms with Crippen LogP contribution in [-0.4, -0.2) is 52.2 Å². The number of aromatic nitrogens is 2. The highest BCUT2D eigenvalue weighted by Gasteiger charge is 2.34. The van der Waals surface area contributed by atoms with Gasteiger partial charge in [-0.15, -0.1) is 0 Å². The maximum Gasteiger partial charge on any atom is 0.407 e. The van der Waals surface area contributed by atoms with E-state index in [1.165, 1.54) is 10.5 Å². The molecular weight excluding hydrogens is 340 g/mol. The van der Waals surface area contributed by atoms with Gasteiger partial charge in [-0.2, -0.15) is 0 Å². The van der Waals surface area contributed by atoms with Crippen LogP contribution in [0.2, 0.25) is 0 Å².